The Kier molecular flexibility index (Phi) is 6.29. The van der Waals surface area contributed by atoms with E-state index in [1.54, 1.807) is 26.4 Å². The topological polar surface area (TPSA) is 42.5 Å². The van der Waals surface area contributed by atoms with Crippen molar-refractivity contribution in [1.82, 2.24) is 0 Å². The molecule has 0 amide bonds. The summed E-state index contributed by atoms with van der Waals surface area (Å²) in [6, 6.07) is 11.6. The largest absolute Gasteiger partial charge is 0.495 e. The summed E-state index contributed by atoms with van der Waals surface area (Å²) in [6.45, 7) is 4.32. The van der Waals surface area contributed by atoms with E-state index < -0.39 is 0 Å². The van der Waals surface area contributed by atoms with Crippen molar-refractivity contribution in [3.05, 3.63) is 47.0 Å². The molecular weight excluding hydrogens is 344 g/mol. The van der Waals surface area contributed by atoms with Gasteiger partial charge in [0.2, 0.25) is 0 Å². The van der Waals surface area contributed by atoms with Crippen molar-refractivity contribution in [2.75, 3.05) is 24.9 Å². The Morgan fingerprint density at radius 3 is 2.17 bits per heavy atom. The molecule has 0 spiro atoms. The Morgan fingerprint density at radius 2 is 1.62 bits per heavy atom. The molecule has 0 unspecified atom stereocenters. The molecule has 2 aromatic rings. The Balaban J connectivity index is 2.11. The van der Waals surface area contributed by atoms with Gasteiger partial charge in [-0.05, 0) is 35.8 Å². The van der Waals surface area contributed by atoms with Gasteiger partial charge >= 0.3 is 0 Å². The molecule has 24 heavy (non-hydrogen) atoms. The molecule has 0 heterocycles. The van der Waals surface area contributed by atoms with Gasteiger partial charge in [-0.1, -0.05) is 37.6 Å². The number of thiocarbonyl (C=S) groups is 1. The number of benzene rings is 2. The van der Waals surface area contributed by atoms with E-state index in [2.05, 4.69) is 36.6 Å². The fraction of sp³-hybridized carbons (Fsp3) is 0.278. The van der Waals surface area contributed by atoms with E-state index in [0.29, 0.717) is 33.2 Å². The van der Waals surface area contributed by atoms with E-state index in [1.165, 1.54) is 5.56 Å². The summed E-state index contributed by atoms with van der Waals surface area (Å²) in [5.41, 5.74) is 2.87. The summed E-state index contributed by atoms with van der Waals surface area (Å²) in [4.78, 5) is 0. The standard InChI is InChI=1S/C18H21ClN2O2S/c1-11(2)12-5-7-13(8-6-12)20-18(24)21-15-10-16(22-3)14(19)9-17(15)23-4/h5-11H,1-4H3,(H2,20,21,24). The Hall–Kier alpha value is -1.98. The first-order chi connectivity index (χ1) is 11.4. The third-order valence-electron chi connectivity index (χ3n) is 3.56. The van der Waals surface area contributed by atoms with E-state index >= 15 is 0 Å². The minimum Gasteiger partial charge on any atom is -0.495 e. The highest BCUT2D eigenvalue weighted by Crippen LogP contribution is 2.35. The molecule has 0 fully saturated rings. The maximum absolute atomic E-state index is 6.11. The van der Waals surface area contributed by atoms with Crippen molar-refractivity contribution in [1.29, 1.82) is 0 Å². The second kappa shape index (κ2) is 8.22. The van der Waals surface area contributed by atoms with Crippen LogP contribution in [0.2, 0.25) is 5.02 Å². The maximum Gasteiger partial charge on any atom is 0.175 e. The van der Waals surface area contributed by atoms with Crippen LogP contribution < -0.4 is 20.1 Å². The Bertz CT molecular complexity index is 718. The number of hydrogen-bond acceptors (Lipinski definition) is 3. The highest BCUT2D eigenvalue weighted by atomic mass is 35.5. The predicted octanol–water partition coefficient (Wildman–Crippen LogP) is 5.29. The summed E-state index contributed by atoms with van der Waals surface area (Å²) in [5, 5.41) is 7.19. The molecule has 0 aromatic heterocycles. The van der Waals surface area contributed by atoms with Crippen LogP contribution in [0.5, 0.6) is 11.5 Å². The van der Waals surface area contributed by atoms with Crippen molar-refractivity contribution in [3.8, 4) is 11.5 Å². The molecule has 2 rings (SSSR count). The Morgan fingerprint density at radius 1 is 1.00 bits per heavy atom. The summed E-state index contributed by atoms with van der Waals surface area (Å²) >= 11 is 11.5. The average molecular weight is 365 g/mol. The minimum absolute atomic E-state index is 0.454. The van der Waals surface area contributed by atoms with Crippen LogP contribution in [0.3, 0.4) is 0 Å². The SMILES string of the molecule is COc1cc(NC(=S)Nc2ccc(C(C)C)cc2)c(OC)cc1Cl. The lowest BCUT2D eigenvalue weighted by Gasteiger charge is -2.15. The van der Waals surface area contributed by atoms with Gasteiger partial charge in [0, 0.05) is 17.8 Å². The molecule has 2 aromatic carbocycles. The number of rotatable bonds is 5. The lowest BCUT2D eigenvalue weighted by molar-refractivity contribution is 0.405. The summed E-state index contributed by atoms with van der Waals surface area (Å²) in [7, 11) is 3.13. The third-order valence-corrected chi connectivity index (χ3v) is 4.06. The zero-order valence-electron chi connectivity index (χ0n) is 14.1. The summed E-state index contributed by atoms with van der Waals surface area (Å²) in [6.07, 6.45) is 0. The molecule has 0 aliphatic heterocycles. The van der Waals surface area contributed by atoms with Gasteiger partial charge in [-0.25, -0.2) is 0 Å². The van der Waals surface area contributed by atoms with Crippen LogP contribution in [-0.2, 0) is 0 Å². The lowest BCUT2D eigenvalue weighted by atomic mass is 10.0. The molecule has 2 N–H and O–H groups in total. The van der Waals surface area contributed by atoms with E-state index in [0.717, 1.165) is 5.69 Å². The van der Waals surface area contributed by atoms with Gasteiger partial charge in [-0.2, -0.15) is 0 Å². The predicted molar refractivity (Wildman–Crippen MR) is 105 cm³/mol. The fourth-order valence-electron chi connectivity index (χ4n) is 2.19. The number of nitrogens with one attached hydrogen (secondary N) is 2. The number of ether oxygens (including phenoxy) is 2. The van der Waals surface area contributed by atoms with Crippen molar-refractivity contribution < 1.29 is 9.47 Å². The first kappa shape index (κ1) is 18.4. The van der Waals surface area contributed by atoms with Crippen LogP contribution in [0.1, 0.15) is 25.3 Å². The number of hydrogen-bond donors (Lipinski definition) is 2. The molecular formula is C18H21ClN2O2S. The van der Waals surface area contributed by atoms with Crippen molar-refractivity contribution in [2.45, 2.75) is 19.8 Å². The van der Waals surface area contributed by atoms with Crippen molar-refractivity contribution in [2.24, 2.45) is 0 Å². The first-order valence-corrected chi connectivity index (χ1v) is 8.32. The quantitative estimate of drug-likeness (QED) is 0.705. The van der Waals surface area contributed by atoms with Gasteiger partial charge < -0.3 is 20.1 Å². The van der Waals surface area contributed by atoms with E-state index in [9.17, 15) is 0 Å². The van der Waals surface area contributed by atoms with Crippen LogP contribution in [-0.4, -0.2) is 19.3 Å². The lowest BCUT2D eigenvalue weighted by Crippen LogP contribution is -2.19. The summed E-state index contributed by atoms with van der Waals surface area (Å²) < 4.78 is 10.6. The van der Waals surface area contributed by atoms with Gasteiger partial charge in [0.15, 0.2) is 5.11 Å². The monoisotopic (exact) mass is 364 g/mol. The van der Waals surface area contributed by atoms with E-state index in [-0.39, 0.29) is 0 Å². The molecule has 0 atom stereocenters. The zero-order valence-corrected chi connectivity index (χ0v) is 15.7. The molecule has 4 nitrogen and oxygen atoms in total. The van der Waals surface area contributed by atoms with Gasteiger partial charge in [0.05, 0.1) is 24.9 Å². The molecule has 0 saturated heterocycles. The Labute approximate surface area is 153 Å². The van der Waals surface area contributed by atoms with Crippen molar-refractivity contribution in [3.63, 3.8) is 0 Å². The van der Waals surface area contributed by atoms with Crippen LogP contribution in [0.15, 0.2) is 36.4 Å². The number of methoxy groups -OCH3 is 2. The second-order valence-corrected chi connectivity index (χ2v) is 6.36. The smallest absolute Gasteiger partial charge is 0.175 e. The molecule has 128 valence electrons. The van der Waals surface area contributed by atoms with E-state index in [1.807, 2.05) is 12.1 Å². The van der Waals surface area contributed by atoms with Crippen molar-refractivity contribution >= 4 is 40.3 Å². The minimum atomic E-state index is 0.454. The number of halogens is 1. The molecule has 0 saturated carbocycles. The molecule has 0 bridgehead atoms. The third kappa shape index (κ3) is 4.52. The fourth-order valence-corrected chi connectivity index (χ4v) is 2.65. The normalized spacial score (nSPS) is 10.4. The molecule has 6 heteroatoms. The van der Waals surface area contributed by atoms with E-state index in [4.69, 9.17) is 33.3 Å². The zero-order chi connectivity index (χ0) is 17.7. The molecule has 0 aliphatic rings. The second-order valence-electron chi connectivity index (χ2n) is 5.54. The van der Waals surface area contributed by atoms with Gasteiger partial charge in [0.25, 0.3) is 0 Å². The summed E-state index contributed by atoms with van der Waals surface area (Å²) in [5.74, 6) is 1.62. The first-order valence-electron chi connectivity index (χ1n) is 7.54. The van der Waals surface area contributed by atoms with Gasteiger partial charge in [-0.3, -0.25) is 0 Å². The molecule has 0 aliphatic carbocycles. The average Bonchev–Trinajstić information content (AvgIpc) is 2.56. The van der Waals surface area contributed by atoms with Crippen LogP contribution in [0.4, 0.5) is 11.4 Å². The molecule has 0 radical (unpaired) electrons. The highest BCUT2D eigenvalue weighted by molar-refractivity contribution is 7.80. The van der Waals surface area contributed by atoms with Gasteiger partial charge in [-0.15, -0.1) is 0 Å². The van der Waals surface area contributed by atoms with Crippen LogP contribution in [0, 0.1) is 0 Å². The highest BCUT2D eigenvalue weighted by Gasteiger charge is 2.11. The van der Waals surface area contributed by atoms with Crippen LogP contribution >= 0.6 is 23.8 Å². The van der Waals surface area contributed by atoms with Crippen LogP contribution in [0.25, 0.3) is 0 Å². The maximum atomic E-state index is 6.11. The number of anilines is 2. The van der Waals surface area contributed by atoms with Gasteiger partial charge in [0.1, 0.15) is 11.5 Å².